The zero-order valence-corrected chi connectivity index (χ0v) is 14.0. The van der Waals surface area contributed by atoms with E-state index in [1.807, 2.05) is 24.3 Å². The number of amides is 1. The standard InChI is InChI=1S/C19H20N4O2/c1-2-3-12-23-16-7-5-4-6-15(16)17(19(23)25)21-22-18(24)13-8-10-14(20)11-9-13/h4-11,25H,2-3,12,20H2,1H3. The van der Waals surface area contributed by atoms with Crippen LogP contribution >= 0.6 is 0 Å². The van der Waals surface area contributed by atoms with E-state index in [0.717, 1.165) is 23.7 Å². The molecular weight excluding hydrogens is 316 g/mol. The maximum Gasteiger partial charge on any atom is 0.295 e. The predicted octanol–water partition coefficient (Wildman–Crippen LogP) is 4.65. The Morgan fingerprint density at radius 1 is 1.16 bits per heavy atom. The second kappa shape index (κ2) is 7.17. The van der Waals surface area contributed by atoms with Crippen molar-refractivity contribution in [2.45, 2.75) is 26.3 Å². The molecule has 1 amide bonds. The normalized spacial score (nSPS) is 11.4. The van der Waals surface area contributed by atoms with Gasteiger partial charge in [0.15, 0.2) is 5.69 Å². The fraction of sp³-hybridized carbons (Fsp3) is 0.211. The van der Waals surface area contributed by atoms with Gasteiger partial charge in [-0.05, 0) is 36.8 Å². The van der Waals surface area contributed by atoms with Crippen molar-refractivity contribution in [1.82, 2.24) is 4.57 Å². The van der Waals surface area contributed by atoms with Crippen molar-refractivity contribution in [1.29, 1.82) is 0 Å². The van der Waals surface area contributed by atoms with Crippen LogP contribution in [-0.4, -0.2) is 15.6 Å². The highest BCUT2D eigenvalue weighted by Gasteiger charge is 2.16. The molecule has 3 rings (SSSR count). The number of carbonyl (C=O) groups excluding carboxylic acids is 1. The SMILES string of the molecule is CCCCn1c(O)c(N=NC(=O)c2ccc(N)cc2)c2ccccc21. The second-order valence-corrected chi connectivity index (χ2v) is 5.82. The highest BCUT2D eigenvalue weighted by atomic mass is 16.3. The van der Waals surface area contributed by atoms with Gasteiger partial charge in [0.2, 0.25) is 5.88 Å². The maximum atomic E-state index is 12.2. The predicted molar refractivity (Wildman–Crippen MR) is 98.2 cm³/mol. The summed E-state index contributed by atoms with van der Waals surface area (Å²) in [5.74, 6) is -0.451. The number of anilines is 1. The Morgan fingerprint density at radius 3 is 2.60 bits per heavy atom. The molecule has 1 aromatic heterocycles. The maximum absolute atomic E-state index is 12.2. The third kappa shape index (κ3) is 3.38. The molecule has 0 bridgehead atoms. The Bertz CT molecular complexity index is 926. The molecule has 0 radical (unpaired) electrons. The van der Waals surface area contributed by atoms with Crippen LogP contribution in [0.2, 0.25) is 0 Å². The second-order valence-electron chi connectivity index (χ2n) is 5.82. The van der Waals surface area contributed by atoms with Crippen LogP contribution in [0, 0.1) is 0 Å². The number of aromatic hydroxyl groups is 1. The summed E-state index contributed by atoms with van der Waals surface area (Å²) >= 11 is 0. The van der Waals surface area contributed by atoms with Crippen LogP contribution in [0.5, 0.6) is 5.88 Å². The molecule has 3 aromatic rings. The molecule has 25 heavy (non-hydrogen) atoms. The summed E-state index contributed by atoms with van der Waals surface area (Å²) in [7, 11) is 0. The molecule has 0 spiro atoms. The van der Waals surface area contributed by atoms with Crippen LogP contribution in [0.3, 0.4) is 0 Å². The van der Waals surface area contributed by atoms with E-state index in [2.05, 4.69) is 17.2 Å². The molecule has 6 nitrogen and oxygen atoms in total. The molecule has 0 saturated carbocycles. The van der Waals surface area contributed by atoms with Gasteiger partial charge in [-0.25, -0.2) is 0 Å². The highest BCUT2D eigenvalue weighted by Crippen LogP contribution is 2.39. The van der Waals surface area contributed by atoms with Crippen LogP contribution in [0.15, 0.2) is 58.8 Å². The van der Waals surface area contributed by atoms with Crippen molar-refractivity contribution in [3.8, 4) is 5.88 Å². The topological polar surface area (TPSA) is 93.0 Å². The first-order chi connectivity index (χ1) is 12.1. The molecule has 0 aliphatic carbocycles. The minimum Gasteiger partial charge on any atom is -0.493 e. The number of nitrogens with two attached hydrogens (primary N) is 1. The number of fused-ring (bicyclic) bond motifs is 1. The average Bonchev–Trinajstić information content (AvgIpc) is 2.89. The molecule has 0 aliphatic heterocycles. The number of rotatable bonds is 5. The molecule has 128 valence electrons. The summed E-state index contributed by atoms with van der Waals surface area (Å²) in [6, 6.07) is 14.0. The fourth-order valence-corrected chi connectivity index (χ4v) is 2.69. The number of azo groups is 1. The van der Waals surface area contributed by atoms with Crippen molar-refractivity contribution >= 4 is 28.2 Å². The van der Waals surface area contributed by atoms with E-state index in [0.29, 0.717) is 23.5 Å². The van der Waals surface area contributed by atoms with E-state index in [1.165, 1.54) is 0 Å². The van der Waals surface area contributed by atoms with Gasteiger partial charge in [0, 0.05) is 23.2 Å². The van der Waals surface area contributed by atoms with E-state index in [4.69, 9.17) is 5.73 Å². The Morgan fingerprint density at radius 2 is 1.88 bits per heavy atom. The van der Waals surface area contributed by atoms with Crippen molar-refractivity contribution in [2.24, 2.45) is 10.2 Å². The summed E-state index contributed by atoms with van der Waals surface area (Å²) in [4.78, 5) is 12.2. The first kappa shape index (κ1) is 16.7. The summed E-state index contributed by atoms with van der Waals surface area (Å²) in [6.45, 7) is 2.78. The Labute approximate surface area is 145 Å². The fourth-order valence-electron chi connectivity index (χ4n) is 2.69. The Balaban J connectivity index is 1.96. The van der Waals surface area contributed by atoms with Gasteiger partial charge in [-0.1, -0.05) is 31.5 Å². The molecule has 0 fully saturated rings. The first-order valence-corrected chi connectivity index (χ1v) is 8.23. The summed E-state index contributed by atoms with van der Waals surface area (Å²) in [6.07, 6.45) is 1.95. The van der Waals surface area contributed by atoms with E-state index in [1.54, 1.807) is 28.8 Å². The van der Waals surface area contributed by atoms with Gasteiger partial charge in [0.1, 0.15) is 0 Å². The number of hydrogen-bond acceptors (Lipinski definition) is 4. The van der Waals surface area contributed by atoms with Gasteiger partial charge in [-0.15, -0.1) is 10.2 Å². The third-order valence-electron chi connectivity index (χ3n) is 4.05. The van der Waals surface area contributed by atoms with Gasteiger partial charge in [-0.2, -0.15) is 0 Å². The van der Waals surface area contributed by atoms with E-state index in [-0.39, 0.29) is 5.88 Å². The summed E-state index contributed by atoms with van der Waals surface area (Å²) in [5.41, 5.74) is 7.78. The zero-order valence-electron chi connectivity index (χ0n) is 14.0. The lowest BCUT2D eigenvalue weighted by atomic mass is 10.2. The van der Waals surface area contributed by atoms with E-state index >= 15 is 0 Å². The molecule has 0 unspecified atom stereocenters. The number of carbonyl (C=O) groups is 1. The monoisotopic (exact) mass is 336 g/mol. The van der Waals surface area contributed by atoms with Crippen LogP contribution in [0.4, 0.5) is 11.4 Å². The number of aryl methyl sites for hydroxylation is 1. The average molecular weight is 336 g/mol. The van der Waals surface area contributed by atoms with Gasteiger partial charge in [0.05, 0.1) is 5.52 Å². The summed E-state index contributed by atoms with van der Waals surface area (Å²) < 4.78 is 1.81. The molecule has 0 saturated heterocycles. The molecule has 3 N–H and O–H groups in total. The largest absolute Gasteiger partial charge is 0.493 e. The third-order valence-corrected chi connectivity index (χ3v) is 4.05. The zero-order chi connectivity index (χ0) is 17.8. The van der Waals surface area contributed by atoms with Crippen molar-refractivity contribution in [3.63, 3.8) is 0 Å². The minimum atomic E-state index is -0.482. The quantitative estimate of drug-likeness (QED) is 0.524. The van der Waals surface area contributed by atoms with Crippen LogP contribution < -0.4 is 5.73 Å². The summed E-state index contributed by atoms with van der Waals surface area (Å²) in [5, 5.41) is 19.1. The van der Waals surface area contributed by atoms with Crippen LogP contribution in [-0.2, 0) is 6.54 Å². The molecule has 6 heteroatoms. The van der Waals surface area contributed by atoms with Gasteiger partial charge >= 0.3 is 0 Å². The van der Waals surface area contributed by atoms with Crippen molar-refractivity contribution in [2.75, 3.05) is 5.73 Å². The van der Waals surface area contributed by atoms with Crippen molar-refractivity contribution < 1.29 is 9.90 Å². The number of nitrogens with zero attached hydrogens (tertiary/aromatic N) is 3. The highest BCUT2D eigenvalue weighted by molar-refractivity contribution is 5.97. The smallest absolute Gasteiger partial charge is 0.295 e. The van der Waals surface area contributed by atoms with Crippen LogP contribution in [0.1, 0.15) is 30.1 Å². The number of nitrogen functional groups attached to an aromatic ring is 1. The Kier molecular flexibility index (Phi) is 4.79. The molecular formula is C19H20N4O2. The molecule has 1 heterocycles. The van der Waals surface area contributed by atoms with Gasteiger partial charge in [0.25, 0.3) is 5.91 Å². The first-order valence-electron chi connectivity index (χ1n) is 8.23. The Hall–Kier alpha value is -3.15. The van der Waals surface area contributed by atoms with E-state index < -0.39 is 5.91 Å². The number of benzene rings is 2. The lowest BCUT2D eigenvalue weighted by Gasteiger charge is -2.05. The number of para-hydroxylation sites is 1. The molecule has 0 aliphatic rings. The lowest BCUT2D eigenvalue weighted by Crippen LogP contribution is -1.96. The number of hydrogen-bond donors (Lipinski definition) is 2. The van der Waals surface area contributed by atoms with Gasteiger partial charge < -0.3 is 15.4 Å². The van der Waals surface area contributed by atoms with Gasteiger partial charge in [-0.3, -0.25) is 4.79 Å². The van der Waals surface area contributed by atoms with Crippen molar-refractivity contribution in [3.05, 3.63) is 54.1 Å². The molecule has 0 atom stereocenters. The minimum absolute atomic E-state index is 0.0310. The number of aromatic nitrogens is 1. The van der Waals surface area contributed by atoms with E-state index in [9.17, 15) is 9.90 Å². The van der Waals surface area contributed by atoms with Crippen LogP contribution in [0.25, 0.3) is 10.9 Å². The number of unbranched alkanes of at least 4 members (excludes halogenated alkanes) is 1. The molecule has 2 aromatic carbocycles. The lowest BCUT2D eigenvalue weighted by molar-refractivity contribution is 0.0995.